The van der Waals surface area contributed by atoms with Crippen molar-refractivity contribution in [1.82, 2.24) is 0 Å². The second-order valence-electron chi connectivity index (χ2n) is 6.47. The van der Waals surface area contributed by atoms with Gasteiger partial charge in [-0.15, -0.1) is 0 Å². The van der Waals surface area contributed by atoms with Crippen LogP contribution in [-0.2, 0) is 24.8 Å². The maximum absolute atomic E-state index is 13.1. The van der Waals surface area contributed by atoms with Crippen LogP contribution in [0.4, 0.5) is 11.4 Å². The fourth-order valence-corrected chi connectivity index (χ4v) is 3.26. The standard InChI is InChI=1S/C22H24N2O7/c1-5-30-20(25)19-23-18-12-11-16(29-4)13-17(18)22(27,21(26)31-6-2)24(19)14-7-9-15(28-3)10-8-14/h7-13,27H,5-6H2,1-4H3. The molecule has 0 aromatic heterocycles. The largest absolute Gasteiger partial charge is 0.497 e. The van der Waals surface area contributed by atoms with Crippen LogP contribution >= 0.6 is 0 Å². The zero-order valence-electron chi connectivity index (χ0n) is 17.7. The summed E-state index contributed by atoms with van der Waals surface area (Å²) in [6.45, 7) is 3.37. The summed E-state index contributed by atoms with van der Waals surface area (Å²) in [5, 5.41) is 11.8. The molecule has 0 saturated carbocycles. The number of fused-ring (bicyclic) bond motifs is 1. The number of anilines is 1. The van der Waals surface area contributed by atoms with Crippen molar-refractivity contribution >= 4 is 29.1 Å². The fourth-order valence-electron chi connectivity index (χ4n) is 3.26. The van der Waals surface area contributed by atoms with E-state index in [0.29, 0.717) is 17.2 Å². The van der Waals surface area contributed by atoms with Gasteiger partial charge in [-0.2, -0.15) is 0 Å². The molecule has 1 unspecified atom stereocenters. The predicted molar refractivity (Wildman–Crippen MR) is 113 cm³/mol. The average Bonchev–Trinajstić information content (AvgIpc) is 2.79. The van der Waals surface area contributed by atoms with Gasteiger partial charge in [0, 0.05) is 11.3 Å². The molecule has 1 N–H and O–H groups in total. The quantitative estimate of drug-likeness (QED) is 0.671. The highest BCUT2D eigenvalue weighted by Gasteiger charge is 2.53. The summed E-state index contributed by atoms with van der Waals surface area (Å²) >= 11 is 0. The Balaban J connectivity index is 2.31. The number of benzene rings is 2. The van der Waals surface area contributed by atoms with E-state index in [1.165, 1.54) is 20.3 Å². The van der Waals surface area contributed by atoms with Crippen molar-refractivity contribution in [1.29, 1.82) is 0 Å². The number of nitrogens with zero attached hydrogens (tertiary/aromatic N) is 2. The van der Waals surface area contributed by atoms with Gasteiger partial charge in [0.2, 0.25) is 5.84 Å². The van der Waals surface area contributed by atoms with Gasteiger partial charge in [-0.25, -0.2) is 14.6 Å². The van der Waals surface area contributed by atoms with E-state index in [2.05, 4.69) is 4.99 Å². The second kappa shape index (κ2) is 9.05. The van der Waals surface area contributed by atoms with Crippen molar-refractivity contribution in [3.05, 3.63) is 48.0 Å². The molecule has 9 nitrogen and oxygen atoms in total. The minimum Gasteiger partial charge on any atom is -0.497 e. The fraction of sp³-hybridized carbons (Fsp3) is 0.318. The lowest BCUT2D eigenvalue weighted by atomic mass is 9.95. The number of hydrogen-bond donors (Lipinski definition) is 1. The van der Waals surface area contributed by atoms with Crippen molar-refractivity contribution in [2.75, 3.05) is 32.3 Å². The zero-order chi connectivity index (χ0) is 22.6. The maximum Gasteiger partial charge on any atom is 0.374 e. The third-order valence-electron chi connectivity index (χ3n) is 4.69. The van der Waals surface area contributed by atoms with Gasteiger partial charge in [-0.1, -0.05) is 0 Å². The number of carbonyl (C=O) groups is 2. The minimum atomic E-state index is -2.40. The van der Waals surface area contributed by atoms with E-state index in [0.717, 1.165) is 4.90 Å². The van der Waals surface area contributed by atoms with Crippen LogP contribution in [0, 0.1) is 0 Å². The van der Waals surface area contributed by atoms with Crippen molar-refractivity contribution in [3.63, 3.8) is 0 Å². The highest BCUT2D eigenvalue weighted by Crippen LogP contribution is 2.43. The van der Waals surface area contributed by atoms with Crippen molar-refractivity contribution in [2.45, 2.75) is 19.6 Å². The highest BCUT2D eigenvalue weighted by molar-refractivity contribution is 6.43. The van der Waals surface area contributed by atoms with Crippen LogP contribution in [0.1, 0.15) is 19.4 Å². The highest BCUT2D eigenvalue weighted by atomic mass is 16.6. The Morgan fingerprint density at radius 3 is 2.16 bits per heavy atom. The third-order valence-corrected chi connectivity index (χ3v) is 4.69. The summed E-state index contributed by atoms with van der Waals surface area (Å²) in [7, 11) is 2.97. The number of carbonyl (C=O) groups excluding carboxylic acids is 2. The molecule has 1 aliphatic heterocycles. The lowest BCUT2D eigenvalue weighted by Gasteiger charge is -2.41. The molecule has 2 aromatic rings. The molecule has 3 rings (SSSR count). The van der Waals surface area contributed by atoms with Crippen molar-refractivity contribution in [3.8, 4) is 11.5 Å². The van der Waals surface area contributed by atoms with Gasteiger partial charge in [0.05, 0.1) is 33.1 Å². The average molecular weight is 428 g/mol. The third kappa shape index (κ3) is 3.91. The molecule has 1 heterocycles. The minimum absolute atomic E-state index is 0.0166. The Bertz CT molecular complexity index is 1000. The maximum atomic E-state index is 13.1. The molecule has 2 aromatic carbocycles. The zero-order valence-corrected chi connectivity index (χ0v) is 17.7. The molecule has 0 radical (unpaired) electrons. The molecular formula is C22H24N2O7. The number of ether oxygens (including phenoxy) is 4. The van der Waals surface area contributed by atoms with Crippen LogP contribution in [0.3, 0.4) is 0 Å². The molecule has 1 aliphatic rings. The predicted octanol–water partition coefficient (Wildman–Crippen LogP) is 2.53. The summed E-state index contributed by atoms with van der Waals surface area (Å²) in [5.74, 6) is -1.09. The van der Waals surface area contributed by atoms with E-state index in [4.69, 9.17) is 18.9 Å². The van der Waals surface area contributed by atoms with Gasteiger partial charge in [-0.3, -0.25) is 4.90 Å². The van der Waals surface area contributed by atoms with Gasteiger partial charge >= 0.3 is 11.9 Å². The number of rotatable bonds is 7. The van der Waals surface area contributed by atoms with Crippen LogP contribution < -0.4 is 14.4 Å². The van der Waals surface area contributed by atoms with E-state index in [9.17, 15) is 14.7 Å². The molecule has 0 bridgehead atoms. The van der Waals surface area contributed by atoms with Crippen molar-refractivity contribution < 1.29 is 33.6 Å². The van der Waals surface area contributed by atoms with E-state index < -0.39 is 17.7 Å². The number of aliphatic hydroxyl groups is 1. The molecule has 1 atom stereocenters. The van der Waals surface area contributed by atoms with E-state index in [-0.39, 0.29) is 30.3 Å². The topological polar surface area (TPSA) is 107 Å². The van der Waals surface area contributed by atoms with E-state index in [1.54, 1.807) is 50.2 Å². The van der Waals surface area contributed by atoms with Gasteiger partial charge < -0.3 is 24.1 Å². The van der Waals surface area contributed by atoms with Gasteiger partial charge in [0.15, 0.2) is 0 Å². The van der Waals surface area contributed by atoms with Gasteiger partial charge in [0.1, 0.15) is 11.5 Å². The normalized spacial score (nSPS) is 17.3. The lowest BCUT2D eigenvalue weighted by molar-refractivity contribution is -0.165. The number of aliphatic imine (C=N–C) groups is 1. The van der Waals surface area contributed by atoms with Crippen molar-refractivity contribution in [2.24, 2.45) is 4.99 Å². The van der Waals surface area contributed by atoms with Crippen LogP contribution in [0.2, 0.25) is 0 Å². The van der Waals surface area contributed by atoms with Crippen LogP contribution in [0.5, 0.6) is 11.5 Å². The lowest BCUT2D eigenvalue weighted by Crippen LogP contribution is -2.59. The summed E-state index contributed by atoms with van der Waals surface area (Å²) in [4.78, 5) is 31.4. The first-order chi connectivity index (χ1) is 14.9. The molecule has 0 saturated heterocycles. The summed E-state index contributed by atoms with van der Waals surface area (Å²) < 4.78 is 20.8. The molecule has 0 spiro atoms. The second-order valence-corrected chi connectivity index (χ2v) is 6.47. The number of hydrogen-bond acceptors (Lipinski definition) is 9. The molecule has 0 fully saturated rings. The Morgan fingerprint density at radius 2 is 1.58 bits per heavy atom. The Labute approximate surface area is 179 Å². The molecule has 0 amide bonds. The number of amidine groups is 1. The first-order valence-electron chi connectivity index (χ1n) is 9.68. The van der Waals surface area contributed by atoms with Gasteiger partial charge in [0.25, 0.3) is 5.72 Å². The Hall–Kier alpha value is -3.59. The Morgan fingerprint density at radius 1 is 0.968 bits per heavy atom. The number of esters is 2. The van der Waals surface area contributed by atoms with Gasteiger partial charge in [-0.05, 0) is 56.3 Å². The van der Waals surface area contributed by atoms with E-state index >= 15 is 0 Å². The molecule has 9 heteroatoms. The molecule has 164 valence electrons. The number of methoxy groups -OCH3 is 2. The first-order valence-corrected chi connectivity index (χ1v) is 9.68. The molecular weight excluding hydrogens is 404 g/mol. The smallest absolute Gasteiger partial charge is 0.374 e. The van der Waals surface area contributed by atoms with Crippen LogP contribution in [-0.4, -0.2) is 50.3 Å². The Kier molecular flexibility index (Phi) is 6.45. The van der Waals surface area contributed by atoms with Crippen LogP contribution in [0.15, 0.2) is 47.5 Å². The first kappa shape index (κ1) is 22.1. The molecule has 0 aliphatic carbocycles. The molecule has 31 heavy (non-hydrogen) atoms. The SMILES string of the molecule is CCOC(=O)C1=Nc2ccc(OC)cc2C(O)(C(=O)OCC)N1c1ccc(OC)cc1. The monoisotopic (exact) mass is 428 g/mol. The summed E-state index contributed by atoms with van der Waals surface area (Å²) in [5.41, 5.74) is -1.78. The van der Waals surface area contributed by atoms with E-state index in [1.807, 2.05) is 0 Å². The summed E-state index contributed by atoms with van der Waals surface area (Å²) in [6, 6.07) is 11.1. The summed E-state index contributed by atoms with van der Waals surface area (Å²) in [6.07, 6.45) is 0. The van der Waals surface area contributed by atoms with Crippen LogP contribution in [0.25, 0.3) is 0 Å².